The van der Waals surface area contributed by atoms with Crippen LogP contribution in [-0.2, 0) is 19.6 Å². The minimum Gasteiger partial charge on any atom is -0.478 e. The molecule has 2 aromatic carbocycles. The first-order valence-electron chi connectivity index (χ1n) is 10.0. The number of carbonyl (C=O) groups is 2. The largest absolute Gasteiger partial charge is 0.478 e. The number of alkyl halides is 5. The van der Waals surface area contributed by atoms with Crippen molar-refractivity contribution in [2.24, 2.45) is 7.05 Å². The maximum atomic E-state index is 13.8. The molecule has 6 nitrogen and oxygen atoms in total. The van der Waals surface area contributed by atoms with E-state index >= 15 is 0 Å². The highest BCUT2D eigenvalue weighted by atomic mass is 19.4. The van der Waals surface area contributed by atoms with Crippen LogP contribution in [0.2, 0.25) is 0 Å². The molecule has 34 heavy (non-hydrogen) atoms. The highest BCUT2D eigenvalue weighted by molar-refractivity contribution is 5.97. The van der Waals surface area contributed by atoms with Crippen LogP contribution < -0.4 is 5.32 Å². The van der Waals surface area contributed by atoms with Crippen LogP contribution in [0.15, 0.2) is 48.5 Å². The van der Waals surface area contributed by atoms with Crippen molar-refractivity contribution in [3.8, 4) is 0 Å². The van der Waals surface area contributed by atoms with Crippen molar-refractivity contribution in [1.29, 1.82) is 0 Å². The zero-order valence-electron chi connectivity index (χ0n) is 18.0. The Morgan fingerprint density at radius 3 is 2.32 bits per heavy atom. The van der Waals surface area contributed by atoms with Gasteiger partial charge in [0.2, 0.25) is 0 Å². The lowest BCUT2D eigenvalue weighted by molar-refractivity contribution is -0.137. The monoisotopic (exact) mass is 481 g/mol. The Hall–Kier alpha value is -3.76. The molecule has 0 fully saturated rings. The third-order valence-electron chi connectivity index (χ3n) is 5.23. The molecule has 180 valence electrons. The number of amides is 1. The molecule has 2 N–H and O–H groups in total. The molecule has 3 aromatic rings. The third kappa shape index (κ3) is 5.41. The maximum absolute atomic E-state index is 13.8. The van der Waals surface area contributed by atoms with Gasteiger partial charge in [0.1, 0.15) is 5.69 Å². The fourth-order valence-electron chi connectivity index (χ4n) is 3.53. The number of carboxylic acid groups (broad SMARTS) is 1. The molecule has 3 rings (SSSR count). The predicted molar refractivity (Wildman–Crippen MR) is 112 cm³/mol. The maximum Gasteiger partial charge on any atom is 0.416 e. The molecular formula is C23H20F5N3O3. The summed E-state index contributed by atoms with van der Waals surface area (Å²) in [5.41, 5.74) is -1.35. The van der Waals surface area contributed by atoms with Crippen molar-refractivity contribution in [3.63, 3.8) is 0 Å². The second-order valence-electron chi connectivity index (χ2n) is 7.63. The van der Waals surface area contributed by atoms with Crippen molar-refractivity contribution in [1.82, 2.24) is 15.1 Å². The second kappa shape index (κ2) is 9.62. The molecule has 0 unspecified atom stereocenters. The van der Waals surface area contributed by atoms with Crippen LogP contribution in [0.3, 0.4) is 0 Å². The van der Waals surface area contributed by atoms with Crippen molar-refractivity contribution in [3.05, 3.63) is 87.7 Å². The molecule has 0 aliphatic rings. The average Bonchev–Trinajstić information content (AvgIpc) is 3.09. The van der Waals surface area contributed by atoms with Crippen LogP contribution >= 0.6 is 0 Å². The topological polar surface area (TPSA) is 84.2 Å². The number of rotatable bonds is 7. The van der Waals surface area contributed by atoms with Gasteiger partial charge in [0.05, 0.1) is 28.4 Å². The molecule has 0 aliphatic carbocycles. The van der Waals surface area contributed by atoms with E-state index in [4.69, 9.17) is 5.11 Å². The molecular weight excluding hydrogens is 461 g/mol. The Morgan fingerprint density at radius 2 is 1.76 bits per heavy atom. The van der Waals surface area contributed by atoms with E-state index in [1.807, 2.05) is 0 Å². The number of nitrogens with zero attached hydrogens (tertiary/aromatic N) is 2. The van der Waals surface area contributed by atoms with Gasteiger partial charge in [0.25, 0.3) is 12.3 Å². The van der Waals surface area contributed by atoms with Gasteiger partial charge in [-0.25, -0.2) is 13.6 Å². The fourth-order valence-corrected chi connectivity index (χ4v) is 3.53. The van der Waals surface area contributed by atoms with E-state index in [-0.39, 0.29) is 23.2 Å². The number of aryl methyl sites for hydroxylation is 1. The van der Waals surface area contributed by atoms with Crippen LogP contribution in [0.5, 0.6) is 0 Å². The zero-order valence-corrected chi connectivity index (χ0v) is 18.0. The van der Waals surface area contributed by atoms with Crippen molar-refractivity contribution in [2.75, 3.05) is 0 Å². The van der Waals surface area contributed by atoms with Gasteiger partial charge in [0.15, 0.2) is 0 Å². The van der Waals surface area contributed by atoms with Crippen LogP contribution in [0.1, 0.15) is 68.2 Å². The first-order valence-corrected chi connectivity index (χ1v) is 10.0. The van der Waals surface area contributed by atoms with Crippen LogP contribution in [0, 0.1) is 0 Å². The van der Waals surface area contributed by atoms with Gasteiger partial charge >= 0.3 is 12.1 Å². The quantitative estimate of drug-likeness (QED) is 0.457. The van der Waals surface area contributed by atoms with Crippen LogP contribution in [0.4, 0.5) is 22.0 Å². The highest BCUT2D eigenvalue weighted by Crippen LogP contribution is 2.31. The average molecular weight is 481 g/mol. The van der Waals surface area contributed by atoms with Crippen LogP contribution in [-0.4, -0.2) is 26.8 Å². The smallest absolute Gasteiger partial charge is 0.416 e. The zero-order chi connectivity index (χ0) is 25.2. The number of nitrogens with one attached hydrogen (secondary N) is 1. The van der Waals surface area contributed by atoms with Crippen molar-refractivity contribution >= 4 is 11.9 Å². The standard InChI is InChI=1S/C23H20F5N3O3/c1-12(14-6-8-15(9-7-14)22(33)34)29-21(32)18-17(30-31(2)19(18)20(24)25)11-13-4-3-5-16(10-13)23(26,27)28/h3-10,12,20H,11H2,1-2H3,(H,29,32)(H,33,34)/t12-/m0/s1. The predicted octanol–water partition coefficient (Wildman–Crippen LogP) is 5.16. The Morgan fingerprint density at radius 1 is 1.12 bits per heavy atom. The van der Waals surface area contributed by atoms with Crippen molar-refractivity contribution < 1.29 is 36.6 Å². The van der Waals surface area contributed by atoms with Gasteiger partial charge in [-0.3, -0.25) is 9.48 Å². The first kappa shape index (κ1) is 24.9. The number of hydrogen-bond acceptors (Lipinski definition) is 3. The molecule has 1 amide bonds. The Balaban J connectivity index is 1.92. The van der Waals surface area contributed by atoms with Crippen LogP contribution in [0.25, 0.3) is 0 Å². The molecule has 0 spiro atoms. The number of carbonyl (C=O) groups excluding carboxylic acids is 1. The lowest BCUT2D eigenvalue weighted by Gasteiger charge is -2.16. The summed E-state index contributed by atoms with van der Waals surface area (Å²) in [6, 6.07) is 9.31. The molecule has 0 saturated heterocycles. The number of aromatic nitrogens is 2. The normalized spacial score (nSPS) is 12.6. The molecule has 1 atom stereocenters. The third-order valence-corrected chi connectivity index (χ3v) is 5.23. The molecule has 0 saturated carbocycles. The van der Waals surface area contributed by atoms with Gasteiger partial charge in [-0.2, -0.15) is 18.3 Å². The van der Waals surface area contributed by atoms with Crippen molar-refractivity contribution in [2.45, 2.75) is 32.0 Å². The Labute approximate surface area is 191 Å². The number of aromatic carboxylic acids is 1. The van der Waals surface area contributed by atoms with E-state index in [0.29, 0.717) is 5.56 Å². The SMILES string of the molecule is C[C@H](NC(=O)c1c(Cc2cccc(C(F)(F)F)c2)nn(C)c1C(F)F)c1ccc(C(=O)O)cc1. The molecule has 0 aliphatic heterocycles. The summed E-state index contributed by atoms with van der Waals surface area (Å²) >= 11 is 0. The second-order valence-corrected chi connectivity index (χ2v) is 7.63. The van der Waals surface area contributed by atoms with E-state index in [2.05, 4.69) is 10.4 Å². The lowest BCUT2D eigenvalue weighted by atomic mass is 10.0. The summed E-state index contributed by atoms with van der Waals surface area (Å²) in [6.45, 7) is 1.58. The van der Waals surface area contributed by atoms with E-state index in [0.717, 1.165) is 16.8 Å². The van der Waals surface area contributed by atoms with Gasteiger partial charge < -0.3 is 10.4 Å². The Bertz CT molecular complexity index is 1200. The molecule has 0 bridgehead atoms. The molecule has 11 heteroatoms. The summed E-state index contributed by atoms with van der Waals surface area (Å²) in [5, 5.41) is 15.6. The highest BCUT2D eigenvalue weighted by Gasteiger charge is 2.32. The number of benzene rings is 2. The van der Waals surface area contributed by atoms with E-state index in [1.165, 1.54) is 43.4 Å². The van der Waals surface area contributed by atoms with Gasteiger partial charge in [-0.05, 0) is 36.2 Å². The number of carboxylic acids is 1. The van der Waals surface area contributed by atoms with Gasteiger partial charge in [-0.1, -0.05) is 30.3 Å². The molecule has 1 heterocycles. The summed E-state index contributed by atoms with van der Waals surface area (Å²) in [7, 11) is 1.22. The molecule has 1 aromatic heterocycles. The minimum absolute atomic E-state index is 0.0397. The van der Waals surface area contributed by atoms with E-state index < -0.39 is 47.3 Å². The number of hydrogen-bond donors (Lipinski definition) is 2. The van der Waals surface area contributed by atoms with E-state index in [1.54, 1.807) is 6.92 Å². The van der Waals surface area contributed by atoms with Gasteiger partial charge in [-0.15, -0.1) is 0 Å². The number of halogens is 5. The first-order chi connectivity index (χ1) is 15.9. The summed E-state index contributed by atoms with van der Waals surface area (Å²) in [5.74, 6) is -2.00. The lowest BCUT2D eigenvalue weighted by Crippen LogP contribution is -2.28. The molecule has 0 radical (unpaired) electrons. The Kier molecular flexibility index (Phi) is 7.04. The van der Waals surface area contributed by atoms with E-state index in [9.17, 15) is 31.5 Å². The summed E-state index contributed by atoms with van der Waals surface area (Å²) in [6.07, 6.45) is -7.91. The van der Waals surface area contributed by atoms with Gasteiger partial charge in [0, 0.05) is 13.5 Å². The minimum atomic E-state index is -4.58. The summed E-state index contributed by atoms with van der Waals surface area (Å²) < 4.78 is 67.5. The summed E-state index contributed by atoms with van der Waals surface area (Å²) in [4.78, 5) is 24.0. The fraction of sp³-hybridized carbons (Fsp3) is 0.261.